The highest BCUT2D eigenvalue weighted by molar-refractivity contribution is 7.99. The molecular weight excluding hydrogens is 517 g/mol. The summed E-state index contributed by atoms with van der Waals surface area (Å²) in [5, 5.41) is 17.1. The van der Waals surface area contributed by atoms with Gasteiger partial charge in [0.25, 0.3) is 0 Å². The van der Waals surface area contributed by atoms with E-state index in [2.05, 4.69) is 26.9 Å². The number of aromatic nitrogens is 4. The van der Waals surface area contributed by atoms with Crippen LogP contribution in [-0.4, -0.2) is 39.1 Å². The Morgan fingerprint density at radius 3 is 2.56 bits per heavy atom. The summed E-state index contributed by atoms with van der Waals surface area (Å²) in [6, 6.07) is 23.6. The molecule has 3 aromatic carbocycles. The first-order valence-corrected chi connectivity index (χ1v) is 12.9. The second-order valence-corrected chi connectivity index (χ2v) is 9.18. The van der Waals surface area contributed by atoms with Crippen molar-refractivity contribution in [2.75, 3.05) is 18.9 Å². The van der Waals surface area contributed by atoms with Crippen LogP contribution in [0.2, 0.25) is 5.02 Å². The zero-order valence-corrected chi connectivity index (χ0v) is 22.4. The molecule has 0 aliphatic carbocycles. The molecule has 190 valence electrons. The third-order valence-corrected chi connectivity index (χ3v) is 6.40. The van der Waals surface area contributed by atoms with E-state index in [1.807, 2.05) is 73.7 Å². The molecule has 10 heteroatoms. The predicted octanol–water partition coefficient (Wildman–Crippen LogP) is 5.99. The zero-order valence-electron chi connectivity index (χ0n) is 20.0. The van der Waals surface area contributed by atoms with E-state index < -0.39 is 0 Å². The summed E-state index contributed by atoms with van der Waals surface area (Å²) < 4.78 is 13.8. The van der Waals surface area contributed by atoms with Crippen molar-refractivity contribution in [2.24, 2.45) is 0 Å². The Morgan fingerprint density at radius 2 is 1.78 bits per heavy atom. The van der Waals surface area contributed by atoms with Crippen LogP contribution in [0.1, 0.15) is 24.5 Å². The number of tetrazole rings is 1. The van der Waals surface area contributed by atoms with Gasteiger partial charge >= 0.3 is 0 Å². The number of nitrogens with one attached hydrogen (secondary N) is 1. The fraction of sp³-hybridized carbons (Fsp3) is 0.269. The first-order valence-electron chi connectivity index (χ1n) is 11.5. The van der Waals surface area contributed by atoms with Gasteiger partial charge in [0.15, 0.2) is 11.5 Å². The quantitative estimate of drug-likeness (QED) is 0.163. The summed E-state index contributed by atoms with van der Waals surface area (Å²) in [5.74, 6) is 2.43. The van der Waals surface area contributed by atoms with Gasteiger partial charge in [0.2, 0.25) is 5.16 Å². The average Bonchev–Trinajstić information content (AvgIpc) is 3.36. The van der Waals surface area contributed by atoms with Crippen molar-refractivity contribution in [1.82, 2.24) is 25.5 Å². The van der Waals surface area contributed by atoms with Crippen molar-refractivity contribution in [2.45, 2.75) is 31.7 Å². The van der Waals surface area contributed by atoms with Gasteiger partial charge < -0.3 is 14.8 Å². The minimum absolute atomic E-state index is 0. The lowest BCUT2D eigenvalue weighted by Crippen LogP contribution is -2.16. The van der Waals surface area contributed by atoms with Crippen LogP contribution >= 0.6 is 35.8 Å². The molecule has 0 fully saturated rings. The van der Waals surface area contributed by atoms with Crippen LogP contribution in [0.3, 0.4) is 0 Å². The molecule has 0 atom stereocenters. The molecule has 4 rings (SSSR count). The van der Waals surface area contributed by atoms with E-state index in [-0.39, 0.29) is 12.4 Å². The van der Waals surface area contributed by atoms with Crippen LogP contribution < -0.4 is 14.8 Å². The number of halogens is 2. The third kappa shape index (κ3) is 7.86. The fourth-order valence-electron chi connectivity index (χ4n) is 3.45. The van der Waals surface area contributed by atoms with Gasteiger partial charge in [0.1, 0.15) is 6.61 Å². The Labute approximate surface area is 226 Å². The number of hydrogen-bond acceptors (Lipinski definition) is 7. The van der Waals surface area contributed by atoms with E-state index in [4.69, 9.17) is 21.1 Å². The Bertz CT molecular complexity index is 1190. The molecule has 0 spiro atoms. The van der Waals surface area contributed by atoms with E-state index in [0.717, 1.165) is 52.2 Å². The lowest BCUT2D eigenvalue weighted by molar-refractivity contribution is 0.266. The van der Waals surface area contributed by atoms with Crippen molar-refractivity contribution >= 4 is 35.8 Å². The van der Waals surface area contributed by atoms with Crippen molar-refractivity contribution in [3.05, 3.63) is 88.9 Å². The van der Waals surface area contributed by atoms with E-state index in [1.54, 1.807) is 16.4 Å². The summed E-state index contributed by atoms with van der Waals surface area (Å²) in [5.41, 5.74) is 3.07. The van der Waals surface area contributed by atoms with Crippen molar-refractivity contribution in [3.8, 4) is 17.2 Å². The molecule has 0 amide bonds. The molecule has 1 heterocycles. The molecular formula is C26H29Cl2N5O2S. The van der Waals surface area contributed by atoms with Crippen LogP contribution in [0.15, 0.2) is 78.0 Å². The highest BCUT2D eigenvalue weighted by atomic mass is 35.5. The minimum Gasteiger partial charge on any atom is -0.490 e. The lowest BCUT2D eigenvalue weighted by Gasteiger charge is -2.16. The summed E-state index contributed by atoms with van der Waals surface area (Å²) in [4.78, 5) is 0. The highest BCUT2D eigenvalue weighted by Gasteiger charge is 2.12. The number of thioether (sulfide) groups is 1. The van der Waals surface area contributed by atoms with Crippen LogP contribution in [0, 0.1) is 0 Å². The predicted molar refractivity (Wildman–Crippen MR) is 147 cm³/mol. The molecule has 1 aromatic heterocycles. The summed E-state index contributed by atoms with van der Waals surface area (Å²) in [6.07, 6.45) is 0.971. The van der Waals surface area contributed by atoms with Crippen LogP contribution in [0.5, 0.6) is 11.5 Å². The molecule has 0 bridgehead atoms. The van der Waals surface area contributed by atoms with Crippen molar-refractivity contribution < 1.29 is 9.47 Å². The number of benzene rings is 3. The van der Waals surface area contributed by atoms with Gasteiger partial charge in [-0.1, -0.05) is 65.8 Å². The SMILES string of the molecule is CCOc1cccc(CNCCCSc2nnnn2-c2ccccc2)c1OCc1ccc(Cl)cc1.Cl. The second-order valence-electron chi connectivity index (χ2n) is 7.68. The second kappa shape index (κ2) is 14.7. The Kier molecular flexibility index (Phi) is 11.4. The van der Waals surface area contributed by atoms with Gasteiger partial charge in [-0.25, -0.2) is 0 Å². The molecule has 0 saturated carbocycles. The van der Waals surface area contributed by atoms with Crippen molar-refractivity contribution in [1.29, 1.82) is 0 Å². The molecule has 0 aliphatic rings. The van der Waals surface area contributed by atoms with Gasteiger partial charge in [-0.3, -0.25) is 0 Å². The van der Waals surface area contributed by atoms with Gasteiger partial charge in [-0.2, -0.15) is 4.68 Å². The highest BCUT2D eigenvalue weighted by Crippen LogP contribution is 2.32. The maximum Gasteiger partial charge on any atom is 0.214 e. The first-order chi connectivity index (χ1) is 17.2. The Hall–Kier alpha value is -2.78. The number of para-hydroxylation sites is 2. The largest absolute Gasteiger partial charge is 0.490 e. The van der Waals surface area contributed by atoms with Crippen molar-refractivity contribution in [3.63, 3.8) is 0 Å². The number of rotatable bonds is 13. The molecule has 0 aliphatic heterocycles. The van der Waals surface area contributed by atoms with Crippen LogP contribution in [-0.2, 0) is 13.2 Å². The van der Waals surface area contributed by atoms with Gasteiger partial charge in [-0.15, -0.1) is 17.5 Å². The molecule has 0 unspecified atom stereocenters. The Morgan fingerprint density at radius 1 is 0.972 bits per heavy atom. The summed E-state index contributed by atoms with van der Waals surface area (Å²) in [6.45, 7) is 4.53. The average molecular weight is 547 g/mol. The lowest BCUT2D eigenvalue weighted by atomic mass is 10.1. The maximum atomic E-state index is 6.19. The molecule has 7 nitrogen and oxygen atoms in total. The topological polar surface area (TPSA) is 74.1 Å². The Balaban J connectivity index is 0.00000361. The zero-order chi connectivity index (χ0) is 24.3. The van der Waals surface area contributed by atoms with Crippen LogP contribution in [0.25, 0.3) is 5.69 Å². The standard InChI is InChI=1S/C26H28ClN5O2S.ClH/c1-2-33-24-11-6-8-21(25(24)34-19-20-12-14-22(27)15-13-20)18-28-16-7-17-35-26-29-30-31-32(26)23-9-4-3-5-10-23;/h3-6,8-15,28H,2,7,16-19H2,1H3;1H. The number of nitrogens with zero attached hydrogens (tertiary/aromatic N) is 4. The monoisotopic (exact) mass is 545 g/mol. The molecule has 36 heavy (non-hydrogen) atoms. The van der Waals surface area contributed by atoms with E-state index in [9.17, 15) is 0 Å². The van der Waals surface area contributed by atoms with E-state index >= 15 is 0 Å². The maximum absolute atomic E-state index is 6.19. The fourth-order valence-corrected chi connectivity index (χ4v) is 4.41. The van der Waals surface area contributed by atoms with Gasteiger partial charge in [0.05, 0.1) is 12.3 Å². The van der Waals surface area contributed by atoms with E-state index in [1.165, 1.54) is 0 Å². The first kappa shape index (κ1) is 27.8. The number of ether oxygens (including phenoxy) is 2. The van der Waals surface area contributed by atoms with Gasteiger partial charge in [-0.05, 0) is 66.2 Å². The van der Waals surface area contributed by atoms with Gasteiger partial charge in [0, 0.05) is 22.9 Å². The minimum atomic E-state index is 0. The molecule has 1 N–H and O–H groups in total. The summed E-state index contributed by atoms with van der Waals surface area (Å²) >= 11 is 7.64. The third-order valence-electron chi connectivity index (χ3n) is 5.14. The van der Waals surface area contributed by atoms with Crippen LogP contribution in [0.4, 0.5) is 0 Å². The normalized spacial score (nSPS) is 10.6. The molecule has 0 saturated heterocycles. The molecule has 0 radical (unpaired) electrons. The van der Waals surface area contributed by atoms with E-state index in [0.29, 0.717) is 24.8 Å². The number of hydrogen-bond donors (Lipinski definition) is 1. The molecule has 4 aromatic rings. The smallest absolute Gasteiger partial charge is 0.214 e. The summed E-state index contributed by atoms with van der Waals surface area (Å²) in [7, 11) is 0.